The van der Waals surface area contributed by atoms with Crippen LogP contribution >= 0.6 is 0 Å². The summed E-state index contributed by atoms with van der Waals surface area (Å²) >= 11 is -1.92. The summed E-state index contributed by atoms with van der Waals surface area (Å²) in [6.45, 7) is 16.8. The van der Waals surface area contributed by atoms with Crippen LogP contribution in [0.2, 0.25) is 41.9 Å². The van der Waals surface area contributed by atoms with Crippen LogP contribution in [-0.4, -0.2) is 29.4 Å². The number of rotatable bonds is 7. The van der Waals surface area contributed by atoms with Crippen LogP contribution in [0.25, 0.3) is 6.08 Å². The molecule has 0 atom stereocenters. The van der Waals surface area contributed by atoms with E-state index in [0.29, 0.717) is 0 Å². The van der Waals surface area contributed by atoms with Crippen LogP contribution in [-0.2, 0) is 0 Å². The molecule has 0 bridgehead atoms. The Labute approximate surface area is 184 Å². The first-order valence-corrected chi connectivity index (χ1v) is 22.7. The molecule has 0 heterocycles. The Kier molecular flexibility index (Phi) is 8.40. The molecule has 0 nitrogen and oxygen atoms in total. The van der Waals surface area contributed by atoms with Crippen molar-refractivity contribution in [2.75, 3.05) is 0 Å². The first-order valence-electron chi connectivity index (χ1n) is 11.1. The van der Waals surface area contributed by atoms with Gasteiger partial charge in [0.2, 0.25) is 0 Å². The van der Waals surface area contributed by atoms with Crippen LogP contribution in [0.3, 0.4) is 0 Å². The minimum absolute atomic E-state index is 1.28. The van der Waals surface area contributed by atoms with Crippen molar-refractivity contribution in [3.63, 3.8) is 0 Å². The van der Waals surface area contributed by atoms with Crippen molar-refractivity contribution in [1.29, 1.82) is 0 Å². The zero-order valence-corrected chi connectivity index (χ0v) is 23.6. The van der Waals surface area contributed by atoms with Crippen LogP contribution < -0.4 is 10.4 Å². The van der Waals surface area contributed by atoms with E-state index in [0.717, 1.165) is 0 Å². The fourth-order valence-corrected chi connectivity index (χ4v) is 15.1. The number of benzene rings is 2. The number of hydrogen-bond acceptors (Lipinski definition) is 0. The zero-order valence-electron chi connectivity index (χ0n) is 19.5. The Morgan fingerprint density at radius 1 is 0.759 bits per heavy atom. The van der Waals surface area contributed by atoms with Crippen LogP contribution in [0.15, 0.2) is 60.3 Å². The Morgan fingerprint density at radius 3 is 1.79 bits per heavy atom. The second kappa shape index (κ2) is 10.2. The van der Waals surface area contributed by atoms with E-state index >= 15 is 0 Å². The summed E-state index contributed by atoms with van der Waals surface area (Å²) in [5.41, 5.74) is 7.58. The molecule has 29 heavy (non-hydrogen) atoms. The summed E-state index contributed by atoms with van der Waals surface area (Å²) in [6, 6.07) is 20.1. The molecule has 154 valence electrons. The Bertz CT molecular complexity index is 856. The van der Waals surface area contributed by atoms with Gasteiger partial charge in [-0.2, -0.15) is 0 Å². The second-order valence-corrected chi connectivity index (χ2v) is 28.0. The monoisotopic (exact) mass is 480 g/mol. The Hall–Kier alpha value is -1.28. The van der Waals surface area contributed by atoms with Gasteiger partial charge >= 0.3 is 167 Å². The second-order valence-electron chi connectivity index (χ2n) is 9.26. The van der Waals surface area contributed by atoms with Crippen LogP contribution in [0.4, 0.5) is 0 Å². The molecule has 0 spiro atoms. The molecule has 0 saturated carbocycles. The predicted molar refractivity (Wildman–Crippen MR) is 141 cm³/mol. The molecule has 2 aromatic rings. The van der Waals surface area contributed by atoms with Crippen molar-refractivity contribution < 1.29 is 0 Å². The van der Waals surface area contributed by atoms with Crippen molar-refractivity contribution in [1.82, 2.24) is 0 Å². The third-order valence-corrected chi connectivity index (χ3v) is 22.3. The van der Waals surface area contributed by atoms with Gasteiger partial charge in [-0.25, -0.2) is 0 Å². The zero-order chi connectivity index (χ0) is 21.5. The van der Waals surface area contributed by atoms with E-state index in [1.807, 2.05) is 0 Å². The van der Waals surface area contributed by atoms with Gasteiger partial charge in [-0.15, -0.1) is 0 Å². The van der Waals surface area contributed by atoms with E-state index in [1.54, 1.807) is 0 Å². The number of hydrogen-bond donors (Lipinski definition) is 0. The van der Waals surface area contributed by atoms with Gasteiger partial charge < -0.3 is 0 Å². The third kappa shape index (κ3) is 6.35. The van der Waals surface area contributed by atoms with Gasteiger partial charge in [-0.05, 0) is 0 Å². The van der Waals surface area contributed by atoms with Crippen molar-refractivity contribution in [2.24, 2.45) is 0 Å². The van der Waals surface area contributed by atoms with Gasteiger partial charge in [0.15, 0.2) is 0 Å². The fraction of sp³-hybridized carbons (Fsp3) is 0.385. The summed E-state index contributed by atoms with van der Waals surface area (Å²) in [7, 11) is -3.31. The van der Waals surface area contributed by atoms with E-state index in [1.165, 1.54) is 31.7 Å². The van der Waals surface area contributed by atoms with Gasteiger partial charge in [-0.1, -0.05) is 18.2 Å². The molecule has 0 aromatic heterocycles. The fourth-order valence-electron chi connectivity index (χ4n) is 3.66. The molecule has 0 fully saturated rings. The van der Waals surface area contributed by atoms with Gasteiger partial charge in [0.25, 0.3) is 0 Å². The molecule has 3 heteroatoms. The predicted octanol–water partition coefficient (Wildman–Crippen LogP) is 6.36. The summed E-state index contributed by atoms with van der Waals surface area (Å²) in [6.07, 6.45) is 2.29. The third-order valence-electron chi connectivity index (χ3n) is 6.51. The van der Waals surface area contributed by atoms with Gasteiger partial charge in [-0.3, -0.25) is 0 Å². The molecule has 2 rings (SSSR count). The van der Waals surface area contributed by atoms with Crippen LogP contribution in [0.1, 0.15) is 26.3 Å². The maximum atomic E-state index is 3.90. The van der Waals surface area contributed by atoms with Gasteiger partial charge in [0.1, 0.15) is 0 Å². The van der Waals surface area contributed by atoms with Crippen molar-refractivity contribution in [3.05, 3.63) is 65.9 Å². The molecular formula is C26H38GeSi2. The molecule has 0 aliphatic heterocycles. The minimum atomic E-state index is -1.92. The van der Waals surface area contributed by atoms with Crippen molar-refractivity contribution in [3.8, 4) is 10.3 Å². The first-order chi connectivity index (χ1) is 13.7. The van der Waals surface area contributed by atoms with E-state index in [4.69, 9.17) is 0 Å². The summed E-state index contributed by atoms with van der Waals surface area (Å²) < 4.78 is 3.90. The van der Waals surface area contributed by atoms with E-state index in [9.17, 15) is 0 Å². The maximum absolute atomic E-state index is 3.90. The topological polar surface area (TPSA) is 0 Å². The average Bonchev–Trinajstić information content (AvgIpc) is 2.74. The molecule has 0 unspecified atom stereocenters. The quantitative estimate of drug-likeness (QED) is 0.320. The van der Waals surface area contributed by atoms with Crippen molar-refractivity contribution in [2.45, 2.75) is 62.7 Å². The van der Waals surface area contributed by atoms with E-state index in [2.05, 4.69) is 124 Å². The van der Waals surface area contributed by atoms with Crippen molar-refractivity contribution >= 4 is 45.9 Å². The molecule has 0 N–H and O–H groups in total. The Balaban J connectivity index is 2.23. The normalized spacial score (nSPS) is 12.7. The average molecular weight is 479 g/mol. The van der Waals surface area contributed by atoms with Crippen LogP contribution in [0, 0.1) is 10.3 Å². The molecule has 2 aromatic carbocycles. The van der Waals surface area contributed by atoms with E-state index < -0.39 is 29.4 Å². The molecular weight excluding hydrogens is 441 g/mol. The molecule has 0 amide bonds. The summed E-state index contributed by atoms with van der Waals surface area (Å²) in [5.74, 6) is 0. The van der Waals surface area contributed by atoms with Crippen LogP contribution in [0.5, 0.6) is 0 Å². The molecule has 0 aliphatic carbocycles. The first kappa shape index (κ1) is 24.0. The SMILES string of the molecule is C[CH2][Ge]([C]#C[Si](C)(C)c1ccc([Si](C)(C)/C=C/c2ccccc2)cc1)([CH2]C)[CH2]C. The molecule has 0 radical (unpaired) electrons. The summed E-state index contributed by atoms with van der Waals surface area (Å²) in [4.78, 5) is 0. The van der Waals surface area contributed by atoms with Gasteiger partial charge in [0, 0.05) is 0 Å². The summed E-state index contributed by atoms with van der Waals surface area (Å²) in [5, 5.41) is 6.96. The Morgan fingerprint density at radius 2 is 1.28 bits per heavy atom. The molecule has 0 saturated heterocycles. The molecule has 0 aliphatic rings. The van der Waals surface area contributed by atoms with Gasteiger partial charge in [0.05, 0.1) is 0 Å². The van der Waals surface area contributed by atoms with E-state index in [-0.39, 0.29) is 0 Å². The standard InChI is InChI=1S/C26H38GeSi2/c1-8-27(9-2,10-3)21-23-29(6,7)26-18-16-25(17-19-26)28(4,5)22-20-24-14-12-11-13-15-24/h11-20,22H,8-10H2,1-7H3/b22-20+.